The van der Waals surface area contributed by atoms with Crippen LogP contribution >= 0.6 is 0 Å². The van der Waals surface area contributed by atoms with Crippen molar-refractivity contribution in [2.24, 2.45) is 0 Å². The Morgan fingerprint density at radius 2 is 2.00 bits per heavy atom. The molecule has 1 aromatic carbocycles. The van der Waals surface area contributed by atoms with Gasteiger partial charge in [-0.3, -0.25) is 4.68 Å². The van der Waals surface area contributed by atoms with E-state index in [1.807, 2.05) is 15.8 Å². The predicted molar refractivity (Wildman–Crippen MR) is 107 cm³/mol. The van der Waals surface area contributed by atoms with E-state index in [-0.39, 0.29) is 11.4 Å². The first-order valence-electron chi connectivity index (χ1n) is 10.3. The molecule has 144 valence electrons. The van der Waals surface area contributed by atoms with Gasteiger partial charge in [-0.05, 0) is 37.3 Å². The molecule has 1 saturated carbocycles. The first-order valence-corrected chi connectivity index (χ1v) is 10.3. The van der Waals surface area contributed by atoms with Crippen molar-refractivity contribution >= 4 is 6.03 Å². The molecule has 2 aliphatic rings. The van der Waals surface area contributed by atoms with E-state index in [0.717, 1.165) is 38.9 Å². The average molecular weight is 367 g/mol. The first kappa shape index (κ1) is 18.1. The molecule has 5 nitrogen and oxygen atoms in total. The van der Waals surface area contributed by atoms with Crippen LogP contribution in [0.15, 0.2) is 42.7 Å². The molecular formula is C22H30N4O. The van der Waals surface area contributed by atoms with Crippen LogP contribution in [0.5, 0.6) is 0 Å². The second-order valence-electron chi connectivity index (χ2n) is 8.25. The van der Waals surface area contributed by atoms with Crippen molar-refractivity contribution in [3.63, 3.8) is 0 Å². The fourth-order valence-corrected chi connectivity index (χ4v) is 4.72. The van der Waals surface area contributed by atoms with E-state index in [1.54, 1.807) is 0 Å². The number of nitrogens with one attached hydrogen (secondary N) is 1. The van der Waals surface area contributed by atoms with Crippen LogP contribution < -0.4 is 5.32 Å². The van der Waals surface area contributed by atoms with Crippen molar-refractivity contribution in [1.82, 2.24) is 20.0 Å². The lowest BCUT2D eigenvalue weighted by Gasteiger charge is -2.38. The van der Waals surface area contributed by atoms with Gasteiger partial charge >= 0.3 is 6.03 Å². The second kappa shape index (κ2) is 7.75. The number of carbonyl (C=O) groups excluding carboxylic acids is 1. The Kier molecular flexibility index (Phi) is 5.19. The molecule has 2 fully saturated rings. The number of urea groups is 1. The van der Waals surface area contributed by atoms with Gasteiger partial charge in [-0.15, -0.1) is 0 Å². The summed E-state index contributed by atoms with van der Waals surface area (Å²) in [5, 5.41) is 7.69. The normalized spacial score (nSPS) is 22.0. The van der Waals surface area contributed by atoms with Crippen LogP contribution in [0, 0.1) is 6.92 Å². The fraction of sp³-hybridized carbons (Fsp3) is 0.545. The van der Waals surface area contributed by atoms with Gasteiger partial charge in [-0.2, -0.15) is 5.10 Å². The van der Waals surface area contributed by atoms with Crippen molar-refractivity contribution in [2.75, 3.05) is 19.6 Å². The van der Waals surface area contributed by atoms with Crippen LogP contribution in [0.1, 0.15) is 55.7 Å². The Labute approximate surface area is 161 Å². The summed E-state index contributed by atoms with van der Waals surface area (Å²) in [6.07, 6.45) is 11.0. The molecule has 1 unspecified atom stereocenters. The van der Waals surface area contributed by atoms with Crippen molar-refractivity contribution < 1.29 is 4.79 Å². The number of aromatic nitrogens is 2. The SMILES string of the molecule is Cc1cnn(C2CCN(C(=O)NCC3(c4ccccc4)CCCCC3)C2)c1. The Balaban J connectivity index is 1.39. The molecule has 2 aromatic rings. The number of hydrogen-bond acceptors (Lipinski definition) is 2. The summed E-state index contributed by atoms with van der Waals surface area (Å²) in [4.78, 5) is 14.8. The van der Waals surface area contributed by atoms with Crippen molar-refractivity contribution in [3.05, 3.63) is 53.9 Å². The molecule has 2 heterocycles. The third-order valence-corrected chi connectivity index (χ3v) is 6.33. The van der Waals surface area contributed by atoms with Gasteiger partial charge in [0, 0.05) is 31.2 Å². The van der Waals surface area contributed by atoms with Crippen LogP contribution in [-0.4, -0.2) is 40.3 Å². The van der Waals surface area contributed by atoms with Gasteiger partial charge in [0.1, 0.15) is 0 Å². The summed E-state index contributed by atoms with van der Waals surface area (Å²) in [6, 6.07) is 11.1. The first-order chi connectivity index (χ1) is 13.2. The van der Waals surface area contributed by atoms with Gasteiger partial charge in [0.2, 0.25) is 0 Å². The number of likely N-dealkylation sites (tertiary alicyclic amines) is 1. The number of rotatable bonds is 4. The maximum absolute atomic E-state index is 12.8. The minimum atomic E-state index is 0.0715. The molecule has 2 amide bonds. The van der Waals surface area contributed by atoms with E-state index in [4.69, 9.17) is 0 Å². The number of benzene rings is 1. The van der Waals surface area contributed by atoms with E-state index < -0.39 is 0 Å². The molecule has 4 rings (SSSR count). The average Bonchev–Trinajstić information content (AvgIpc) is 3.37. The summed E-state index contributed by atoms with van der Waals surface area (Å²) in [6.45, 7) is 4.33. The fourth-order valence-electron chi connectivity index (χ4n) is 4.72. The van der Waals surface area contributed by atoms with Gasteiger partial charge in [0.15, 0.2) is 0 Å². The number of carbonyl (C=O) groups is 1. The molecule has 1 aliphatic carbocycles. The molecule has 0 spiro atoms. The third kappa shape index (κ3) is 3.87. The highest BCUT2D eigenvalue weighted by Gasteiger charge is 2.35. The summed E-state index contributed by atoms with van der Waals surface area (Å²) in [7, 11) is 0. The van der Waals surface area contributed by atoms with Gasteiger partial charge in [-0.25, -0.2) is 4.79 Å². The highest BCUT2D eigenvalue weighted by atomic mass is 16.2. The quantitative estimate of drug-likeness (QED) is 0.887. The molecule has 0 radical (unpaired) electrons. The molecule has 1 aliphatic heterocycles. The minimum absolute atomic E-state index is 0.0715. The summed E-state index contributed by atoms with van der Waals surface area (Å²) in [5.41, 5.74) is 2.63. The lowest BCUT2D eigenvalue weighted by Crippen LogP contribution is -2.46. The Morgan fingerprint density at radius 3 is 2.70 bits per heavy atom. The topological polar surface area (TPSA) is 50.2 Å². The minimum Gasteiger partial charge on any atom is -0.337 e. The summed E-state index contributed by atoms with van der Waals surface area (Å²) < 4.78 is 2.01. The highest BCUT2D eigenvalue weighted by molar-refractivity contribution is 5.74. The zero-order valence-corrected chi connectivity index (χ0v) is 16.2. The number of aryl methyl sites for hydroxylation is 1. The molecule has 1 N–H and O–H groups in total. The smallest absolute Gasteiger partial charge is 0.317 e. The zero-order chi connectivity index (χ0) is 18.7. The standard InChI is InChI=1S/C22H30N4O/c1-18-14-24-26(15-18)20-10-13-25(16-20)21(27)23-17-22(11-6-3-7-12-22)19-8-4-2-5-9-19/h2,4-5,8-9,14-15,20H,3,6-7,10-13,16-17H2,1H3,(H,23,27). The van der Waals surface area contributed by atoms with Crippen LogP contribution in [0.4, 0.5) is 4.79 Å². The molecule has 27 heavy (non-hydrogen) atoms. The summed E-state index contributed by atoms with van der Waals surface area (Å²) in [5.74, 6) is 0. The van der Waals surface area contributed by atoms with Crippen molar-refractivity contribution in [2.45, 2.75) is 56.9 Å². The molecule has 0 bridgehead atoms. The van der Waals surface area contributed by atoms with Gasteiger partial charge < -0.3 is 10.2 Å². The monoisotopic (exact) mass is 366 g/mol. The number of nitrogens with zero attached hydrogens (tertiary/aromatic N) is 3. The van der Waals surface area contributed by atoms with Crippen LogP contribution in [0.2, 0.25) is 0 Å². The Morgan fingerprint density at radius 1 is 1.22 bits per heavy atom. The maximum Gasteiger partial charge on any atom is 0.317 e. The highest BCUT2D eigenvalue weighted by Crippen LogP contribution is 2.39. The van der Waals surface area contributed by atoms with Crippen molar-refractivity contribution in [1.29, 1.82) is 0 Å². The van der Waals surface area contributed by atoms with E-state index >= 15 is 0 Å². The zero-order valence-electron chi connectivity index (χ0n) is 16.2. The largest absolute Gasteiger partial charge is 0.337 e. The Hall–Kier alpha value is -2.30. The molecule has 5 heteroatoms. The number of amides is 2. The van der Waals surface area contributed by atoms with Gasteiger partial charge in [0.05, 0.1) is 12.2 Å². The van der Waals surface area contributed by atoms with Crippen LogP contribution in [0.3, 0.4) is 0 Å². The third-order valence-electron chi connectivity index (χ3n) is 6.33. The summed E-state index contributed by atoms with van der Waals surface area (Å²) >= 11 is 0. The predicted octanol–water partition coefficient (Wildman–Crippen LogP) is 4.05. The van der Waals surface area contributed by atoms with Crippen LogP contribution in [0.25, 0.3) is 0 Å². The van der Waals surface area contributed by atoms with E-state index in [9.17, 15) is 4.79 Å². The van der Waals surface area contributed by atoms with Crippen LogP contribution in [-0.2, 0) is 5.41 Å². The van der Waals surface area contributed by atoms with Gasteiger partial charge in [-0.1, -0.05) is 49.6 Å². The lowest BCUT2D eigenvalue weighted by atomic mass is 9.69. The maximum atomic E-state index is 12.8. The number of hydrogen-bond donors (Lipinski definition) is 1. The second-order valence-corrected chi connectivity index (χ2v) is 8.25. The van der Waals surface area contributed by atoms with Gasteiger partial charge in [0.25, 0.3) is 0 Å². The lowest BCUT2D eigenvalue weighted by molar-refractivity contribution is 0.198. The molecule has 1 aromatic heterocycles. The molecule has 1 atom stereocenters. The van der Waals surface area contributed by atoms with E-state index in [0.29, 0.717) is 6.04 Å². The van der Waals surface area contributed by atoms with E-state index in [1.165, 1.54) is 30.4 Å². The van der Waals surface area contributed by atoms with E-state index in [2.05, 4.69) is 53.9 Å². The molecule has 1 saturated heterocycles. The Bertz CT molecular complexity index is 764. The van der Waals surface area contributed by atoms with Crippen molar-refractivity contribution in [3.8, 4) is 0 Å². The molecular weight excluding hydrogens is 336 g/mol.